The number of benzene rings is 2. The second-order valence-electron chi connectivity index (χ2n) is 5.73. The van der Waals surface area contributed by atoms with Crippen molar-refractivity contribution in [2.75, 3.05) is 13.2 Å². The number of carbonyl (C=O) groups excluding carboxylic acids is 1. The number of nitrogens with zero attached hydrogens (tertiary/aromatic N) is 2. The van der Waals surface area contributed by atoms with Crippen molar-refractivity contribution < 1.29 is 14.3 Å². The summed E-state index contributed by atoms with van der Waals surface area (Å²) in [4.78, 5) is 16.7. The SMILES string of the molecule is CCOc1ccc(OCC(=O)NCc2nc3ccccc3n2CC)cc1. The van der Waals surface area contributed by atoms with Crippen molar-refractivity contribution >= 4 is 16.9 Å². The summed E-state index contributed by atoms with van der Waals surface area (Å²) < 4.78 is 13.0. The average Bonchev–Trinajstić information content (AvgIpc) is 3.03. The molecule has 3 aromatic rings. The average molecular weight is 353 g/mol. The molecule has 3 rings (SSSR count). The lowest BCUT2D eigenvalue weighted by molar-refractivity contribution is -0.123. The van der Waals surface area contributed by atoms with Gasteiger partial charge in [0.15, 0.2) is 6.61 Å². The van der Waals surface area contributed by atoms with Gasteiger partial charge in [-0.2, -0.15) is 0 Å². The third-order valence-electron chi connectivity index (χ3n) is 4.00. The van der Waals surface area contributed by atoms with Crippen LogP contribution >= 0.6 is 0 Å². The number of hydrogen-bond acceptors (Lipinski definition) is 4. The lowest BCUT2D eigenvalue weighted by Crippen LogP contribution is -2.29. The fourth-order valence-corrected chi connectivity index (χ4v) is 2.79. The minimum atomic E-state index is -0.186. The van der Waals surface area contributed by atoms with Crippen LogP contribution in [0.3, 0.4) is 0 Å². The van der Waals surface area contributed by atoms with Crippen molar-refractivity contribution in [2.24, 2.45) is 0 Å². The highest BCUT2D eigenvalue weighted by atomic mass is 16.5. The van der Waals surface area contributed by atoms with Crippen LogP contribution in [0.25, 0.3) is 11.0 Å². The summed E-state index contributed by atoms with van der Waals surface area (Å²) in [7, 11) is 0. The zero-order valence-corrected chi connectivity index (χ0v) is 15.1. The Bertz CT molecular complexity index is 872. The van der Waals surface area contributed by atoms with E-state index >= 15 is 0 Å². The van der Waals surface area contributed by atoms with Gasteiger partial charge < -0.3 is 19.4 Å². The van der Waals surface area contributed by atoms with Crippen LogP contribution in [0.4, 0.5) is 0 Å². The highest BCUT2D eigenvalue weighted by molar-refractivity contribution is 5.78. The first kappa shape index (κ1) is 17.8. The predicted octanol–water partition coefficient (Wildman–Crippen LogP) is 3.15. The van der Waals surface area contributed by atoms with E-state index in [1.807, 2.05) is 43.3 Å². The Morgan fingerprint density at radius 3 is 2.42 bits per heavy atom. The predicted molar refractivity (Wildman–Crippen MR) is 100 cm³/mol. The van der Waals surface area contributed by atoms with Crippen molar-refractivity contribution in [3.63, 3.8) is 0 Å². The number of amides is 1. The summed E-state index contributed by atoms with van der Waals surface area (Å²) >= 11 is 0. The zero-order chi connectivity index (χ0) is 18.4. The highest BCUT2D eigenvalue weighted by Crippen LogP contribution is 2.18. The molecule has 0 aliphatic rings. The van der Waals surface area contributed by atoms with Gasteiger partial charge in [-0.3, -0.25) is 4.79 Å². The maximum Gasteiger partial charge on any atom is 0.258 e. The molecule has 0 unspecified atom stereocenters. The van der Waals surface area contributed by atoms with E-state index in [2.05, 4.69) is 21.8 Å². The Balaban J connectivity index is 1.54. The fraction of sp³-hybridized carbons (Fsp3) is 0.300. The van der Waals surface area contributed by atoms with Crippen LogP contribution in [0.2, 0.25) is 0 Å². The molecule has 136 valence electrons. The number of rotatable bonds is 8. The van der Waals surface area contributed by atoms with Crippen molar-refractivity contribution in [1.82, 2.24) is 14.9 Å². The minimum Gasteiger partial charge on any atom is -0.494 e. The van der Waals surface area contributed by atoms with Crippen molar-refractivity contribution in [3.8, 4) is 11.5 Å². The highest BCUT2D eigenvalue weighted by Gasteiger charge is 2.10. The molecule has 0 saturated heterocycles. The summed E-state index contributed by atoms with van der Waals surface area (Å²) in [5.41, 5.74) is 2.01. The molecule has 2 aromatic carbocycles. The van der Waals surface area contributed by atoms with E-state index in [0.717, 1.165) is 29.2 Å². The molecule has 0 saturated carbocycles. The molecule has 0 aliphatic carbocycles. The van der Waals surface area contributed by atoms with E-state index in [-0.39, 0.29) is 12.5 Å². The summed E-state index contributed by atoms with van der Waals surface area (Å²) in [5.74, 6) is 2.06. The first-order valence-electron chi connectivity index (χ1n) is 8.77. The summed E-state index contributed by atoms with van der Waals surface area (Å²) in [6, 6.07) is 15.2. The van der Waals surface area contributed by atoms with Gasteiger partial charge in [-0.15, -0.1) is 0 Å². The van der Waals surface area contributed by atoms with E-state index in [1.165, 1.54) is 0 Å². The Morgan fingerprint density at radius 2 is 1.73 bits per heavy atom. The van der Waals surface area contributed by atoms with Crippen molar-refractivity contribution in [1.29, 1.82) is 0 Å². The van der Waals surface area contributed by atoms with Crippen LogP contribution in [0.5, 0.6) is 11.5 Å². The molecule has 0 radical (unpaired) electrons. The molecule has 0 atom stereocenters. The van der Waals surface area contributed by atoms with Crippen LogP contribution in [0.15, 0.2) is 48.5 Å². The molecule has 0 fully saturated rings. The molecule has 1 aromatic heterocycles. The standard InChI is InChI=1S/C20H23N3O3/c1-3-23-18-8-6-5-7-17(18)22-19(23)13-21-20(24)14-26-16-11-9-15(10-12-16)25-4-2/h5-12H,3-4,13-14H2,1-2H3,(H,21,24). The fourth-order valence-electron chi connectivity index (χ4n) is 2.79. The lowest BCUT2D eigenvalue weighted by Gasteiger charge is -2.09. The number of ether oxygens (including phenoxy) is 2. The van der Waals surface area contributed by atoms with Crippen molar-refractivity contribution in [2.45, 2.75) is 26.9 Å². The maximum atomic E-state index is 12.1. The first-order valence-corrected chi connectivity index (χ1v) is 8.77. The smallest absolute Gasteiger partial charge is 0.258 e. The number of aryl methyl sites for hydroxylation is 1. The zero-order valence-electron chi connectivity index (χ0n) is 15.1. The number of fused-ring (bicyclic) bond motifs is 1. The van der Waals surface area contributed by atoms with Gasteiger partial charge in [0.05, 0.1) is 24.2 Å². The molecular weight excluding hydrogens is 330 g/mol. The first-order chi connectivity index (χ1) is 12.7. The number of imidazole rings is 1. The molecule has 0 bridgehead atoms. The van der Waals surface area contributed by atoms with Crippen LogP contribution < -0.4 is 14.8 Å². The van der Waals surface area contributed by atoms with Gasteiger partial charge in [-0.05, 0) is 50.2 Å². The van der Waals surface area contributed by atoms with Gasteiger partial charge in [-0.1, -0.05) is 12.1 Å². The maximum absolute atomic E-state index is 12.1. The number of aromatic nitrogens is 2. The van der Waals surface area contributed by atoms with Gasteiger partial charge in [0, 0.05) is 6.54 Å². The number of para-hydroxylation sites is 2. The molecule has 6 nitrogen and oxygen atoms in total. The van der Waals surface area contributed by atoms with Crippen LogP contribution in [-0.4, -0.2) is 28.7 Å². The van der Waals surface area contributed by atoms with Gasteiger partial charge in [0.2, 0.25) is 0 Å². The normalized spacial score (nSPS) is 10.7. The quantitative estimate of drug-likeness (QED) is 0.676. The number of carbonyl (C=O) groups is 1. The molecule has 1 heterocycles. The number of nitrogens with one attached hydrogen (secondary N) is 1. The second-order valence-corrected chi connectivity index (χ2v) is 5.73. The van der Waals surface area contributed by atoms with Crippen molar-refractivity contribution in [3.05, 3.63) is 54.4 Å². The molecular formula is C20H23N3O3. The molecule has 1 N–H and O–H groups in total. The van der Waals surface area contributed by atoms with E-state index in [4.69, 9.17) is 9.47 Å². The monoisotopic (exact) mass is 353 g/mol. The number of hydrogen-bond donors (Lipinski definition) is 1. The summed E-state index contributed by atoms with van der Waals surface area (Å²) in [5, 5.41) is 2.86. The van der Waals surface area contributed by atoms with E-state index in [1.54, 1.807) is 12.1 Å². The van der Waals surface area contributed by atoms with Gasteiger partial charge in [-0.25, -0.2) is 4.98 Å². The van der Waals surface area contributed by atoms with Gasteiger partial charge in [0.25, 0.3) is 5.91 Å². The van der Waals surface area contributed by atoms with E-state index in [9.17, 15) is 4.79 Å². The molecule has 6 heteroatoms. The molecule has 0 spiro atoms. The van der Waals surface area contributed by atoms with Crippen LogP contribution in [0, 0.1) is 0 Å². The van der Waals surface area contributed by atoms with Crippen LogP contribution in [-0.2, 0) is 17.9 Å². The van der Waals surface area contributed by atoms with Crippen LogP contribution in [0.1, 0.15) is 19.7 Å². The Hall–Kier alpha value is -3.02. The lowest BCUT2D eigenvalue weighted by atomic mass is 10.3. The third-order valence-corrected chi connectivity index (χ3v) is 4.00. The van der Waals surface area contributed by atoms with Gasteiger partial charge in [0.1, 0.15) is 17.3 Å². The van der Waals surface area contributed by atoms with Gasteiger partial charge >= 0.3 is 0 Å². The van der Waals surface area contributed by atoms with E-state index < -0.39 is 0 Å². The Morgan fingerprint density at radius 1 is 1.04 bits per heavy atom. The molecule has 26 heavy (non-hydrogen) atoms. The molecule has 0 aliphatic heterocycles. The summed E-state index contributed by atoms with van der Waals surface area (Å²) in [6.45, 7) is 5.74. The topological polar surface area (TPSA) is 65.4 Å². The summed E-state index contributed by atoms with van der Waals surface area (Å²) in [6.07, 6.45) is 0. The Labute approximate surface area is 152 Å². The largest absolute Gasteiger partial charge is 0.494 e. The molecule has 1 amide bonds. The second kappa shape index (κ2) is 8.38. The Kier molecular flexibility index (Phi) is 5.73. The van der Waals surface area contributed by atoms with E-state index in [0.29, 0.717) is 18.9 Å². The third kappa shape index (κ3) is 4.14. The minimum absolute atomic E-state index is 0.0413.